The fraction of sp³-hybridized carbons (Fsp3) is 0.125. The third-order valence-corrected chi connectivity index (χ3v) is 6.34. The van der Waals surface area contributed by atoms with Gasteiger partial charge in [0.25, 0.3) is 5.91 Å². The van der Waals surface area contributed by atoms with Gasteiger partial charge in [0.15, 0.2) is 18.1 Å². The minimum atomic E-state index is -0.736. The van der Waals surface area contributed by atoms with E-state index in [0.717, 1.165) is 16.6 Å². The SMILES string of the molecule is COc1ccc(CNC(=O)COC(=O)/C=C/c2cn(-c3ccccc3)nc2-c2cc3ccccc3oc2=O)cc1OC. The number of nitrogens with one attached hydrogen (secondary N) is 1. The number of amides is 1. The summed E-state index contributed by atoms with van der Waals surface area (Å²) in [6.07, 6.45) is 4.36. The quantitative estimate of drug-likeness (QED) is 0.149. The van der Waals surface area contributed by atoms with Crippen molar-refractivity contribution in [2.24, 2.45) is 0 Å². The molecule has 2 aromatic heterocycles. The topological polar surface area (TPSA) is 122 Å². The van der Waals surface area contributed by atoms with Crippen LogP contribution < -0.4 is 20.4 Å². The van der Waals surface area contributed by atoms with Gasteiger partial charge in [-0.2, -0.15) is 5.10 Å². The molecule has 3 aromatic carbocycles. The van der Waals surface area contributed by atoms with Crippen LogP contribution in [0.1, 0.15) is 11.1 Å². The molecule has 212 valence electrons. The molecule has 5 aromatic rings. The molecular weight excluding hydrogens is 538 g/mol. The van der Waals surface area contributed by atoms with Crippen LogP contribution >= 0.6 is 0 Å². The van der Waals surface area contributed by atoms with Crippen molar-refractivity contribution in [1.29, 1.82) is 0 Å². The molecule has 0 fully saturated rings. The highest BCUT2D eigenvalue weighted by molar-refractivity contribution is 5.91. The summed E-state index contributed by atoms with van der Waals surface area (Å²) < 4.78 is 22.7. The molecule has 10 heteroatoms. The number of methoxy groups -OCH3 is 2. The summed E-state index contributed by atoms with van der Waals surface area (Å²) in [6, 6.07) is 23.5. The lowest BCUT2D eigenvalue weighted by atomic mass is 10.1. The van der Waals surface area contributed by atoms with Gasteiger partial charge in [0.2, 0.25) is 0 Å². The number of para-hydroxylation sites is 2. The highest BCUT2D eigenvalue weighted by atomic mass is 16.5. The van der Waals surface area contributed by atoms with Gasteiger partial charge in [-0.15, -0.1) is 0 Å². The van der Waals surface area contributed by atoms with Gasteiger partial charge in [-0.25, -0.2) is 14.3 Å². The lowest BCUT2D eigenvalue weighted by Crippen LogP contribution is -2.28. The van der Waals surface area contributed by atoms with Gasteiger partial charge in [-0.3, -0.25) is 4.79 Å². The van der Waals surface area contributed by atoms with Crippen LogP contribution in [0.3, 0.4) is 0 Å². The minimum absolute atomic E-state index is 0.211. The highest BCUT2D eigenvalue weighted by Crippen LogP contribution is 2.28. The number of nitrogens with zero attached hydrogens (tertiary/aromatic N) is 2. The Labute approximate surface area is 240 Å². The van der Waals surface area contributed by atoms with Crippen LogP contribution in [0.25, 0.3) is 34.0 Å². The van der Waals surface area contributed by atoms with Gasteiger partial charge in [-0.1, -0.05) is 42.5 Å². The molecule has 2 heterocycles. The summed E-state index contributed by atoms with van der Waals surface area (Å²) in [5.41, 5.74) is 2.50. The molecule has 0 atom stereocenters. The maximum absolute atomic E-state index is 12.9. The lowest BCUT2D eigenvalue weighted by Gasteiger charge is -2.10. The molecule has 0 spiro atoms. The van der Waals surface area contributed by atoms with E-state index in [1.54, 1.807) is 54.4 Å². The molecule has 0 unspecified atom stereocenters. The molecule has 1 amide bonds. The monoisotopic (exact) mass is 565 g/mol. The fourth-order valence-electron chi connectivity index (χ4n) is 4.24. The minimum Gasteiger partial charge on any atom is -0.493 e. The molecule has 0 aliphatic rings. The molecule has 10 nitrogen and oxygen atoms in total. The maximum Gasteiger partial charge on any atom is 0.345 e. The van der Waals surface area contributed by atoms with E-state index >= 15 is 0 Å². The number of fused-ring (bicyclic) bond motifs is 1. The number of ether oxygens (including phenoxy) is 3. The lowest BCUT2D eigenvalue weighted by molar-refractivity contribution is -0.143. The molecule has 0 saturated heterocycles. The number of hydrogen-bond donors (Lipinski definition) is 1. The first-order chi connectivity index (χ1) is 20.4. The Bertz CT molecular complexity index is 1820. The standard InChI is InChI=1S/C32H27N3O7/c1-39-27-14-12-21(16-28(27)40-2)18-33-29(36)20-41-30(37)15-13-23-19-35(24-9-4-3-5-10-24)34-31(23)25-17-22-8-6-7-11-26(22)42-32(25)38/h3-17,19H,18,20H2,1-2H3,(H,33,36)/b15-13+. The summed E-state index contributed by atoms with van der Waals surface area (Å²) in [5, 5.41) is 8.05. The summed E-state index contributed by atoms with van der Waals surface area (Å²) in [6.45, 7) is -0.260. The highest BCUT2D eigenvalue weighted by Gasteiger charge is 2.17. The number of esters is 1. The Balaban J connectivity index is 1.30. The number of carbonyl (C=O) groups is 2. The first-order valence-corrected chi connectivity index (χ1v) is 13.0. The smallest absolute Gasteiger partial charge is 0.345 e. The van der Waals surface area contributed by atoms with Crippen LogP contribution in [0.15, 0.2) is 100 Å². The number of rotatable bonds is 10. The van der Waals surface area contributed by atoms with Crippen LogP contribution in [-0.2, 0) is 20.9 Å². The van der Waals surface area contributed by atoms with Crippen LogP contribution in [-0.4, -0.2) is 42.5 Å². The van der Waals surface area contributed by atoms with Crippen molar-refractivity contribution in [3.05, 3.63) is 113 Å². The molecule has 0 bridgehead atoms. The zero-order valence-electron chi connectivity index (χ0n) is 22.9. The summed E-state index contributed by atoms with van der Waals surface area (Å²) in [5.74, 6) is -0.0948. The second-order valence-electron chi connectivity index (χ2n) is 9.11. The van der Waals surface area contributed by atoms with Crippen LogP contribution in [0.2, 0.25) is 0 Å². The Morgan fingerprint density at radius 2 is 1.71 bits per heavy atom. The molecule has 0 saturated carbocycles. The Morgan fingerprint density at radius 3 is 2.50 bits per heavy atom. The van der Waals surface area contributed by atoms with Crippen molar-refractivity contribution in [1.82, 2.24) is 15.1 Å². The summed E-state index contributed by atoms with van der Waals surface area (Å²) in [7, 11) is 3.07. The fourth-order valence-corrected chi connectivity index (χ4v) is 4.24. The van der Waals surface area contributed by atoms with Gasteiger partial charge in [0.1, 0.15) is 11.3 Å². The molecule has 5 rings (SSSR count). The number of carbonyl (C=O) groups excluding carboxylic acids is 2. The Morgan fingerprint density at radius 1 is 0.952 bits per heavy atom. The molecule has 0 aliphatic heterocycles. The third kappa shape index (κ3) is 6.39. The predicted octanol–water partition coefficient (Wildman–Crippen LogP) is 4.54. The van der Waals surface area contributed by atoms with E-state index in [9.17, 15) is 14.4 Å². The van der Waals surface area contributed by atoms with E-state index in [0.29, 0.717) is 28.3 Å². The zero-order valence-corrected chi connectivity index (χ0v) is 22.9. The second kappa shape index (κ2) is 12.7. The van der Waals surface area contributed by atoms with Crippen molar-refractivity contribution in [2.45, 2.75) is 6.54 Å². The van der Waals surface area contributed by atoms with Crippen LogP contribution in [0.4, 0.5) is 0 Å². The van der Waals surface area contributed by atoms with Crippen molar-refractivity contribution in [2.75, 3.05) is 20.8 Å². The first-order valence-electron chi connectivity index (χ1n) is 13.0. The Kier molecular flexibility index (Phi) is 8.43. The predicted molar refractivity (Wildman–Crippen MR) is 156 cm³/mol. The van der Waals surface area contributed by atoms with E-state index in [1.165, 1.54) is 19.3 Å². The van der Waals surface area contributed by atoms with E-state index in [2.05, 4.69) is 10.4 Å². The number of aromatic nitrogens is 2. The maximum atomic E-state index is 12.9. The summed E-state index contributed by atoms with van der Waals surface area (Å²) >= 11 is 0. The molecule has 42 heavy (non-hydrogen) atoms. The van der Waals surface area contributed by atoms with Crippen molar-refractivity contribution in [3.8, 4) is 28.4 Å². The molecule has 0 aliphatic carbocycles. The zero-order chi connectivity index (χ0) is 29.5. The van der Waals surface area contributed by atoms with Crippen molar-refractivity contribution < 1.29 is 28.2 Å². The number of benzene rings is 3. The van der Waals surface area contributed by atoms with E-state index in [-0.39, 0.29) is 12.1 Å². The molecular formula is C32H27N3O7. The third-order valence-electron chi connectivity index (χ3n) is 6.34. The van der Waals surface area contributed by atoms with E-state index in [4.69, 9.17) is 18.6 Å². The summed E-state index contributed by atoms with van der Waals surface area (Å²) in [4.78, 5) is 37.7. The Hall–Kier alpha value is -5.64. The molecule has 1 N–H and O–H groups in total. The van der Waals surface area contributed by atoms with Gasteiger partial charge >= 0.3 is 11.6 Å². The van der Waals surface area contributed by atoms with Gasteiger partial charge < -0.3 is 23.9 Å². The van der Waals surface area contributed by atoms with Crippen LogP contribution in [0.5, 0.6) is 11.5 Å². The first kappa shape index (κ1) is 27.9. The number of hydrogen-bond acceptors (Lipinski definition) is 8. The van der Waals surface area contributed by atoms with Gasteiger partial charge in [0, 0.05) is 29.8 Å². The average molecular weight is 566 g/mol. The van der Waals surface area contributed by atoms with E-state index in [1.807, 2.05) is 42.5 Å². The van der Waals surface area contributed by atoms with Gasteiger partial charge in [0.05, 0.1) is 25.5 Å². The van der Waals surface area contributed by atoms with Crippen molar-refractivity contribution >= 4 is 28.9 Å². The largest absolute Gasteiger partial charge is 0.493 e. The van der Waals surface area contributed by atoms with E-state index < -0.39 is 24.1 Å². The normalized spacial score (nSPS) is 11.0. The molecule has 0 radical (unpaired) electrons. The second-order valence-corrected chi connectivity index (χ2v) is 9.11. The van der Waals surface area contributed by atoms with Crippen LogP contribution in [0, 0.1) is 0 Å². The van der Waals surface area contributed by atoms with Gasteiger partial charge in [-0.05, 0) is 48.0 Å². The average Bonchev–Trinajstić information content (AvgIpc) is 3.45. The van der Waals surface area contributed by atoms with Crippen molar-refractivity contribution in [3.63, 3.8) is 0 Å².